The van der Waals surface area contributed by atoms with Crippen LogP contribution in [0.2, 0.25) is 0 Å². The van der Waals surface area contributed by atoms with Gasteiger partial charge < -0.3 is 0 Å². The topological polar surface area (TPSA) is 0 Å². The van der Waals surface area contributed by atoms with E-state index in [0.717, 1.165) is 0 Å². The van der Waals surface area contributed by atoms with Gasteiger partial charge in [-0.05, 0) is 29.0 Å². The molecule has 0 aromatic heterocycles. The molecule has 0 radical (unpaired) electrons. The summed E-state index contributed by atoms with van der Waals surface area (Å²) in [6, 6.07) is 19.9. The molecule has 2 unspecified atom stereocenters. The lowest BCUT2D eigenvalue weighted by Crippen LogP contribution is -2.09. The van der Waals surface area contributed by atoms with Crippen LogP contribution in [0, 0.1) is 0 Å². The molecule has 2 bridgehead atoms. The molecule has 0 amide bonds. The summed E-state index contributed by atoms with van der Waals surface area (Å²) >= 11 is 0. The van der Waals surface area contributed by atoms with Gasteiger partial charge in [0.25, 0.3) is 0 Å². The molecule has 3 atom stereocenters. The number of allylic oxidation sites excluding steroid dienone is 2. The molecule has 0 heteroatoms. The maximum Gasteiger partial charge on any atom is 0.00873 e. The van der Waals surface area contributed by atoms with E-state index in [-0.39, 0.29) is 0 Å². The maximum atomic E-state index is 2.42. The third-order valence-electron chi connectivity index (χ3n) is 4.47. The number of fused-ring (bicyclic) bond motifs is 5. The summed E-state index contributed by atoms with van der Waals surface area (Å²) in [7, 11) is 0. The van der Waals surface area contributed by atoms with E-state index in [1.54, 1.807) is 11.1 Å². The average Bonchev–Trinajstić information content (AvgIpc) is 2.74. The first-order valence-corrected chi connectivity index (χ1v) is 6.75. The number of hydrogen-bond donors (Lipinski definition) is 0. The van der Waals surface area contributed by atoms with E-state index in [1.807, 2.05) is 0 Å². The van der Waals surface area contributed by atoms with Crippen molar-refractivity contribution in [1.29, 1.82) is 0 Å². The largest absolute Gasteiger partial charge is 0.0803 e. The lowest BCUT2D eigenvalue weighted by molar-refractivity contribution is 0.564. The van der Waals surface area contributed by atoms with Crippen LogP contribution in [0.25, 0.3) is 0 Å². The van der Waals surface area contributed by atoms with E-state index >= 15 is 0 Å². The summed E-state index contributed by atoms with van der Waals surface area (Å²) in [4.78, 5) is 0. The smallest absolute Gasteiger partial charge is 0.00873 e. The normalized spacial score (nSPS) is 28.1. The van der Waals surface area contributed by atoms with Gasteiger partial charge in [0.2, 0.25) is 0 Å². The second kappa shape index (κ2) is 3.84. The molecule has 4 rings (SSSR count). The molecular weight excluding hydrogens is 216 g/mol. The van der Waals surface area contributed by atoms with Gasteiger partial charge in [0.15, 0.2) is 0 Å². The van der Waals surface area contributed by atoms with Crippen molar-refractivity contribution in [2.75, 3.05) is 0 Å². The third-order valence-corrected chi connectivity index (χ3v) is 4.47. The molecule has 0 heterocycles. The van der Waals surface area contributed by atoms with E-state index < -0.39 is 0 Å². The Balaban J connectivity index is 1.82. The zero-order valence-electron chi connectivity index (χ0n) is 10.3. The predicted molar refractivity (Wildman–Crippen MR) is 74.9 cm³/mol. The average molecular weight is 232 g/mol. The van der Waals surface area contributed by atoms with Crippen LogP contribution >= 0.6 is 0 Å². The lowest BCUT2D eigenvalue weighted by atomic mass is 9.79. The van der Waals surface area contributed by atoms with Crippen molar-refractivity contribution in [1.82, 2.24) is 0 Å². The highest BCUT2D eigenvalue weighted by Gasteiger charge is 2.37. The van der Waals surface area contributed by atoms with Gasteiger partial charge in [0, 0.05) is 11.8 Å². The highest BCUT2D eigenvalue weighted by atomic mass is 14.4. The van der Waals surface area contributed by atoms with Gasteiger partial charge in [-0.25, -0.2) is 0 Å². The molecule has 2 aliphatic rings. The van der Waals surface area contributed by atoms with E-state index in [0.29, 0.717) is 17.8 Å². The number of rotatable bonds is 1. The second-order valence-electron chi connectivity index (χ2n) is 5.40. The minimum atomic E-state index is 0.561. The predicted octanol–water partition coefficient (Wildman–Crippen LogP) is 4.61. The Morgan fingerprint density at radius 2 is 1.44 bits per heavy atom. The summed E-state index contributed by atoms with van der Waals surface area (Å²) in [5, 5.41) is 0. The van der Waals surface area contributed by atoms with Crippen molar-refractivity contribution in [3.63, 3.8) is 0 Å². The van der Waals surface area contributed by atoms with E-state index in [2.05, 4.69) is 66.7 Å². The van der Waals surface area contributed by atoms with Crippen molar-refractivity contribution in [3.05, 3.63) is 83.4 Å². The fourth-order valence-corrected chi connectivity index (χ4v) is 3.64. The Morgan fingerprint density at radius 1 is 0.722 bits per heavy atom. The third kappa shape index (κ3) is 1.38. The molecule has 0 saturated carbocycles. The van der Waals surface area contributed by atoms with E-state index in [1.165, 1.54) is 12.0 Å². The number of benzene rings is 2. The highest BCUT2D eigenvalue weighted by molar-refractivity contribution is 5.47. The molecule has 0 spiro atoms. The SMILES string of the molecule is C1=C[C@H](c2ccccc2)C2CC1c1ccccc12. The van der Waals surface area contributed by atoms with E-state index in [4.69, 9.17) is 0 Å². The Kier molecular flexibility index (Phi) is 2.16. The molecule has 0 fully saturated rings. The van der Waals surface area contributed by atoms with Crippen LogP contribution in [0.1, 0.15) is 40.9 Å². The molecule has 2 aromatic rings. The Bertz CT molecular complexity index is 594. The fraction of sp³-hybridized carbons (Fsp3) is 0.222. The zero-order chi connectivity index (χ0) is 11.9. The first-order valence-electron chi connectivity index (χ1n) is 6.75. The zero-order valence-corrected chi connectivity index (χ0v) is 10.3. The molecular formula is C18H16. The standard InChI is InChI=1S/C18H16/c1-2-6-13(7-3-1)16-11-10-14-12-18(16)17-9-5-4-8-15(14)17/h1-11,14,16,18H,12H2/t14?,16-,18?/m1/s1. The molecule has 88 valence electrons. The summed E-state index contributed by atoms with van der Waals surface area (Å²) in [5.74, 6) is 1.90. The van der Waals surface area contributed by atoms with Crippen LogP contribution in [0.15, 0.2) is 66.7 Å². The summed E-state index contributed by atoms with van der Waals surface area (Å²) in [6.45, 7) is 0. The number of hydrogen-bond acceptors (Lipinski definition) is 0. The van der Waals surface area contributed by atoms with Crippen molar-refractivity contribution in [2.24, 2.45) is 0 Å². The minimum Gasteiger partial charge on any atom is -0.0803 e. The Morgan fingerprint density at radius 3 is 2.28 bits per heavy atom. The van der Waals surface area contributed by atoms with Gasteiger partial charge >= 0.3 is 0 Å². The van der Waals surface area contributed by atoms with Gasteiger partial charge in [-0.2, -0.15) is 0 Å². The molecule has 2 aliphatic carbocycles. The first kappa shape index (κ1) is 10.1. The highest BCUT2D eigenvalue weighted by Crippen LogP contribution is 2.52. The molecule has 2 aromatic carbocycles. The lowest BCUT2D eigenvalue weighted by Gasteiger charge is -2.25. The Hall–Kier alpha value is -1.82. The fourth-order valence-electron chi connectivity index (χ4n) is 3.64. The quantitative estimate of drug-likeness (QED) is 0.630. The first-order chi connectivity index (χ1) is 8.93. The summed E-state index contributed by atoms with van der Waals surface area (Å²) in [5.41, 5.74) is 4.58. The summed E-state index contributed by atoms with van der Waals surface area (Å²) < 4.78 is 0. The van der Waals surface area contributed by atoms with Gasteiger partial charge in [0.1, 0.15) is 0 Å². The van der Waals surface area contributed by atoms with Crippen LogP contribution in [0.3, 0.4) is 0 Å². The van der Waals surface area contributed by atoms with Gasteiger partial charge in [-0.3, -0.25) is 0 Å². The van der Waals surface area contributed by atoms with Crippen LogP contribution in [-0.4, -0.2) is 0 Å². The van der Waals surface area contributed by atoms with Crippen LogP contribution in [0.4, 0.5) is 0 Å². The Labute approximate surface area is 108 Å². The molecule has 0 saturated heterocycles. The van der Waals surface area contributed by atoms with Crippen LogP contribution in [-0.2, 0) is 0 Å². The van der Waals surface area contributed by atoms with Gasteiger partial charge in [0.05, 0.1) is 0 Å². The molecule has 0 nitrogen and oxygen atoms in total. The van der Waals surface area contributed by atoms with Crippen LogP contribution < -0.4 is 0 Å². The monoisotopic (exact) mass is 232 g/mol. The van der Waals surface area contributed by atoms with Crippen molar-refractivity contribution >= 4 is 0 Å². The molecule has 0 N–H and O–H groups in total. The minimum absolute atomic E-state index is 0.561. The van der Waals surface area contributed by atoms with Crippen molar-refractivity contribution < 1.29 is 0 Å². The van der Waals surface area contributed by atoms with Crippen molar-refractivity contribution in [2.45, 2.75) is 24.2 Å². The summed E-state index contributed by atoms with van der Waals surface area (Å²) in [6.07, 6.45) is 6.13. The van der Waals surface area contributed by atoms with E-state index in [9.17, 15) is 0 Å². The van der Waals surface area contributed by atoms with Gasteiger partial charge in [-0.15, -0.1) is 0 Å². The van der Waals surface area contributed by atoms with Gasteiger partial charge in [-0.1, -0.05) is 66.7 Å². The second-order valence-corrected chi connectivity index (χ2v) is 5.40. The molecule has 0 aliphatic heterocycles. The van der Waals surface area contributed by atoms with Crippen molar-refractivity contribution in [3.8, 4) is 0 Å². The maximum absolute atomic E-state index is 2.42. The van der Waals surface area contributed by atoms with Crippen LogP contribution in [0.5, 0.6) is 0 Å². The molecule has 18 heavy (non-hydrogen) atoms.